The van der Waals surface area contributed by atoms with Crippen molar-refractivity contribution in [3.05, 3.63) is 66.0 Å². The second-order valence-corrected chi connectivity index (χ2v) is 5.04. The van der Waals surface area contributed by atoms with Gasteiger partial charge in [-0.3, -0.25) is 4.79 Å². The molecule has 1 aromatic carbocycles. The first-order valence-electron chi connectivity index (χ1n) is 7.41. The number of aliphatic carboxylic acids is 1. The van der Waals surface area contributed by atoms with Crippen molar-refractivity contribution in [3.8, 4) is 0 Å². The van der Waals surface area contributed by atoms with Gasteiger partial charge < -0.3 is 14.4 Å². The molecule has 0 saturated carbocycles. The Labute approximate surface area is 134 Å². The van der Waals surface area contributed by atoms with Crippen molar-refractivity contribution in [1.82, 2.24) is 4.57 Å². The average Bonchev–Trinajstić information content (AvgIpc) is 2.97. The average molecular weight is 313 g/mol. The van der Waals surface area contributed by atoms with E-state index in [0.717, 1.165) is 18.9 Å². The van der Waals surface area contributed by atoms with Gasteiger partial charge in [-0.25, -0.2) is 4.79 Å². The van der Waals surface area contributed by atoms with Gasteiger partial charge in [0.15, 0.2) is 0 Å². The SMILES string of the molecule is O=C(O)/C=C/c1cccn1CC(=O)OCCCc1ccccc1. The monoisotopic (exact) mass is 313 g/mol. The minimum absolute atomic E-state index is 0.0671. The fourth-order valence-electron chi connectivity index (χ4n) is 2.17. The number of aryl methyl sites for hydroxylation is 1. The third kappa shape index (κ3) is 5.82. The van der Waals surface area contributed by atoms with Crippen LogP contribution in [-0.2, 0) is 27.3 Å². The molecule has 0 fully saturated rings. The van der Waals surface area contributed by atoms with E-state index in [1.54, 1.807) is 22.9 Å². The maximum absolute atomic E-state index is 11.8. The number of carbonyl (C=O) groups is 2. The van der Waals surface area contributed by atoms with E-state index in [1.807, 2.05) is 30.3 Å². The molecule has 5 heteroatoms. The number of nitrogens with zero attached hydrogens (tertiary/aromatic N) is 1. The quantitative estimate of drug-likeness (QED) is 0.462. The molecule has 1 N–H and O–H groups in total. The minimum atomic E-state index is -1.03. The fourth-order valence-corrected chi connectivity index (χ4v) is 2.17. The van der Waals surface area contributed by atoms with E-state index in [2.05, 4.69) is 0 Å². The first-order chi connectivity index (χ1) is 11.1. The zero-order valence-corrected chi connectivity index (χ0v) is 12.7. The number of ether oxygens (including phenoxy) is 1. The van der Waals surface area contributed by atoms with E-state index in [-0.39, 0.29) is 12.5 Å². The van der Waals surface area contributed by atoms with Gasteiger partial charge in [0.25, 0.3) is 0 Å². The Kier molecular flexibility index (Phi) is 6.17. The van der Waals surface area contributed by atoms with Gasteiger partial charge in [0, 0.05) is 18.0 Å². The molecule has 0 amide bonds. The third-order valence-corrected chi connectivity index (χ3v) is 3.28. The Hall–Kier alpha value is -2.82. The van der Waals surface area contributed by atoms with Gasteiger partial charge in [0.05, 0.1) is 6.61 Å². The van der Waals surface area contributed by atoms with Crippen LogP contribution >= 0.6 is 0 Å². The summed E-state index contributed by atoms with van der Waals surface area (Å²) >= 11 is 0. The molecule has 5 nitrogen and oxygen atoms in total. The van der Waals surface area contributed by atoms with E-state index < -0.39 is 5.97 Å². The largest absolute Gasteiger partial charge is 0.478 e. The van der Waals surface area contributed by atoms with Gasteiger partial charge in [-0.2, -0.15) is 0 Å². The smallest absolute Gasteiger partial charge is 0.328 e. The maximum Gasteiger partial charge on any atom is 0.328 e. The Morgan fingerprint density at radius 3 is 2.65 bits per heavy atom. The molecule has 0 bridgehead atoms. The van der Waals surface area contributed by atoms with Crippen LogP contribution in [0.4, 0.5) is 0 Å². The molecular formula is C18H19NO4. The normalized spacial score (nSPS) is 10.8. The molecule has 0 radical (unpaired) electrons. The minimum Gasteiger partial charge on any atom is -0.478 e. The Morgan fingerprint density at radius 1 is 1.13 bits per heavy atom. The summed E-state index contributed by atoms with van der Waals surface area (Å²) in [6.07, 6.45) is 5.84. The Morgan fingerprint density at radius 2 is 1.91 bits per heavy atom. The lowest BCUT2D eigenvalue weighted by atomic mass is 10.1. The molecular weight excluding hydrogens is 294 g/mol. The van der Waals surface area contributed by atoms with Gasteiger partial charge in [0.2, 0.25) is 0 Å². The second-order valence-electron chi connectivity index (χ2n) is 5.04. The molecule has 0 unspecified atom stereocenters. The summed E-state index contributed by atoms with van der Waals surface area (Å²) in [5.74, 6) is -1.36. The third-order valence-electron chi connectivity index (χ3n) is 3.28. The van der Waals surface area contributed by atoms with Crippen LogP contribution in [0.5, 0.6) is 0 Å². The topological polar surface area (TPSA) is 68.5 Å². The number of esters is 1. The van der Waals surface area contributed by atoms with Crippen LogP contribution in [-0.4, -0.2) is 28.2 Å². The predicted octanol–water partition coefficient (Wildman–Crippen LogP) is 2.76. The van der Waals surface area contributed by atoms with Crippen molar-refractivity contribution in [3.63, 3.8) is 0 Å². The summed E-state index contributed by atoms with van der Waals surface area (Å²) in [6, 6.07) is 13.5. The summed E-state index contributed by atoms with van der Waals surface area (Å²) < 4.78 is 6.87. The van der Waals surface area contributed by atoms with Gasteiger partial charge in [-0.15, -0.1) is 0 Å². The second kappa shape index (κ2) is 8.58. The predicted molar refractivity (Wildman–Crippen MR) is 86.8 cm³/mol. The molecule has 120 valence electrons. The number of carboxylic acids is 1. The molecule has 1 heterocycles. The van der Waals surface area contributed by atoms with E-state index in [4.69, 9.17) is 9.84 Å². The molecule has 0 spiro atoms. The number of aromatic nitrogens is 1. The number of carbonyl (C=O) groups excluding carboxylic acids is 1. The number of hydrogen-bond acceptors (Lipinski definition) is 3. The molecule has 2 rings (SSSR count). The first kappa shape index (κ1) is 16.5. The van der Waals surface area contributed by atoms with Crippen LogP contribution in [0.1, 0.15) is 17.7 Å². The van der Waals surface area contributed by atoms with Crippen LogP contribution in [0.3, 0.4) is 0 Å². The highest BCUT2D eigenvalue weighted by Crippen LogP contribution is 2.06. The molecule has 0 atom stereocenters. The summed E-state index contributed by atoms with van der Waals surface area (Å²) in [7, 11) is 0. The Balaban J connectivity index is 1.75. The molecule has 0 saturated heterocycles. The van der Waals surface area contributed by atoms with Gasteiger partial charge in [-0.1, -0.05) is 30.3 Å². The highest BCUT2D eigenvalue weighted by Gasteiger charge is 2.06. The molecule has 0 aliphatic rings. The van der Waals surface area contributed by atoms with Gasteiger partial charge >= 0.3 is 11.9 Å². The standard InChI is InChI=1S/C18H19NO4/c20-17(21)11-10-16-9-4-12-19(16)14-18(22)23-13-5-8-15-6-2-1-3-7-15/h1-4,6-7,9-12H,5,8,13-14H2,(H,20,21)/b11-10+. The molecule has 0 aliphatic carbocycles. The van der Waals surface area contributed by atoms with Crippen LogP contribution in [0, 0.1) is 0 Å². The van der Waals surface area contributed by atoms with Crippen LogP contribution in [0.15, 0.2) is 54.7 Å². The van der Waals surface area contributed by atoms with Crippen molar-refractivity contribution in [2.45, 2.75) is 19.4 Å². The van der Waals surface area contributed by atoms with Crippen LogP contribution in [0.2, 0.25) is 0 Å². The summed E-state index contributed by atoms with van der Waals surface area (Å²) in [6.45, 7) is 0.437. The fraction of sp³-hybridized carbons (Fsp3) is 0.222. The lowest BCUT2D eigenvalue weighted by Gasteiger charge is -2.07. The number of rotatable bonds is 8. The number of benzene rings is 1. The van der Waals surface area contributed by atoms with E-state index in [0.29, 0.717) is 12.3 Å². The zero-order valence-electron chi connectivity index (χ0n) is 12.7. The molecule has 23 heavy (non-hydrogen) atoms. The Bertz CT molecular complexity index is 673. The summed E-state index contributed by atoms with van der Waals surface area (Å²) in [5, 5.41) is 8.63. The highest BCUT2D eigenvalue weighted by atomic mass is 16.5. The van der Waals surface area contributed by atoms with E-state index in [9.17, 15) is 9.59 Å². The van der Waals surface area contributed by atoms with Crippen molar-refractivity contribution in [2.24, 2.45) is 0 Å². The van der Waals surface area contributed by atoms with Gasteiger partial charge in [-0.05, 0) is 36.6 Å². The number of carboxylic acid groups (broad SMARTS) is 1. The number of hydrogen-bond donors (Lipinski definition) is 1. The lowest BCUT2D eigenvalue weighted by molar-refractivity contribution is -0.144. The van der Waals surface area contributed by atoms with Crippen molar-refractivity contribution in [1.29, 1.82) is 0 Å². The van der Waals surface area contributed by atoms with Crippen molar-refractivity contribution >= 4 is 18.0 Å². The molecule has 1 aromatic heterocycles. The highest BCUT2D eigenvalue weighted by molar-refractivity contribution is 5.85. The first-order valence-corrected chi connectivity index (χ1v) is 7.41. The molecule has 2 aromatic rings. The van der Waals surface area contributed by atoms with Crippen LogP contribution < -0.4 is 0 Å². The lowest BCUT2D eigenvalue weighted by Crippen LogP contribution is -2.14. The van der Waals surface area contributed by atoms with Gasteiger partial charge in [0.1, 0.15) is 6.54 Å². The van der Waals surface area contributed by atoms with Crippen molar-refractivity contribution in [2.75, 3.05) is 6.61 Å². The van der Waals surface area contributed by atoms with E-state index in [1.165, 1.54) is 11.6 Å². The summed E-state index contributed by atoms with van der Waals surface area (Å²) in [4.78, 5) is 22.4. The van der Waals surface area contributed by atoms with E-state index >= 15 is 0 Å². The molecule has 0 aliphatic heterocycles. The van der Waals surface area contributed by atoms with Crippen molar-refractivity contribution < 1.29 is 19.4 Å². The summed E-state index contributed by atoms with van der Waals surface area (Å²) in [5.41, 5.74) is 1.86. The maximum atomic E-state index is 11.8. The van der Waals surface area contributed by atoms with Crippen LogP contribution in [0.25, 0.3) is 6.08 Å². The zero-order chi connectivity index (χ0) is 16.5.